The molecule has 1 amide bonds. The van der Waals surface area contributed by atoms with E-state index in [4.69, 9.17) is 4.74 Å². The molecule has 3 rings (SSSR count). The average Bonchev–Trinajstić information content (AvgIpc) is 3.10. The van der Waals surface area contributed by atoms with E-state index in [1.807, 2.05) is 23.6 Å². The normalized spacial score (nSPS) is 15.3. The van der Waals surface area contributed by atoms with Gasteiger partial charge in [0.2, 0.25) is 5.91 Å². The van der Waals surface area contributed by atoms with E-state index in [1.165, 1.54) is 18.4 Å². The van der Waals surface area contributed by atoms with Gasteiger partial charge in [-0.25, -0.2) is 4.98 Å². The minimum absolute atomic E-state index is 0.0520. The quantitative estimate of drug-likeness (QED) is 0.794. The number of carbonyl (C=O) groups is 2. The predicted octanol–water partition coefficient (Wildman–Crippen LogP) is 2.16. The number of carbonyl (C=O) groups excluding carboxylic acids is 2. The number of likely N-dealkylation sites (tertiary alicyclic amines) is 1. The second-order valence-electron chi connectivity index (χ2n) is 5.71. The van der Waals surface area contributed by atoms with Crippen molar-refractivity contribution in [2.45, 2.75) is 19.3 Å². The molecule has 126 valence electrons. The van der Waals surface area contributed by atoms with Gasteiger partial charge in [-0.3, -0.25) is 14.6 Å². The second kappa shape index (κ2) is 7.53. The number of nitrogens with zero attached hydrogens (tertiary/aromatic N) is 3. The molecule has 0 atom stereocenters. The predicted molar refractivity (Wildman–Crippen MR) is 90.4 cm³/mol. The van der Waals surface area contributed by atoms with Crippen LogP contribution in [0.1, 0.15) is 18.5 Å². The van der Waals surface area contributed by atoms with Crippen LogP contribution < -0.4 is 0 Å². The summed E-state index contributed by atoms with van der Waals surface area (Å²) in [5.41, 5.74) is 1.58. The summed E-state index contributed by atoms with van der Waals surface area (Å²) in [6.07, 6.45) is 3.34. The fourth-order valence-corrected chi connectivity index (χ4v) is 3.59. The van der Waals surface area contributed by atoms with Gasteiger partial charge in [0, 0.05) is 24.7 Å². The third kappa shape index (κ3) is 3.79. The Kier molecular flexibility index (Phi) is 5.20. The molecule has 1 saturated heterocycles. The van der Waals surface area contributed by atoms with Crippen LogP contribution >= 0.6 is 11.3 Å². The third-order valence-corrected chi connectivity index (χ3v) is 5.06. The molecule has 1 aliphatic rings. The van der Waals surface area contributed by atoms with E-state index in [-0.39, 0.29) is 24.2 Å². The standard InChI is InChI=1S/C17H19N3O3S/c1-23-17(22)12-5-8-20(9-6-12)15(21)10-13-11-24-16(19-13)14-4-2-3-7-18-14/h2-4,7,11-12H,5-6,8-10H2,1H3. The molecule has 3 heterocycles. The Morgan fingerprint density at radius 2 is 2.12 bits per heavy atom. The number of hydrogen-bond donors (Lipinski definition) is 0. The summed E-state index contributed by atoms with van der Waals surface area (Å²) in [5.74, 6) is -0.216. The molecule has 2 aromatic heterocycles. The van der Waals surface area contributed by atoms with Crippen molar-refractivity contribution in [3.8, 4) is 10.7 Å². The Labute approximate surface area is 144 Å². The smallest absolute Gasteiger partial charge is 0.308 e. The van der Waals surface area contributed by atoms with E-state index >= 15 is 0 Å². The summed E-state index contributed by atoms with van der Waals surface area (Å²) in [5, 5.41) is 2.73. The van der Waals surface area contributed by atoms with Gasteiger partial charge in [0.25, 0.3) is 0 Å². The van der Waals surface area contributed by atoms with E-state index in [1.54, 1.807) is 11.1 Å². The van der Waals surface area contributed by atoms with Crippen LogP contribution in [0.25, 0.3) is 10.7 Å². The van der Waals surface area contributed by atoms with E-state index in [9.17, 15) is 9.59 Å². The van der Waals surface area contributed by atoms with Gasteiger partial charge in [-0.05, 0) is 25.0 Å². The molecule has 7 heteroatoms. The molecular weight excluding hydrogens is 326 g/mol. The Hall–Kier alpha value is -2.28. The van der Waals surface area contributed by atoms with E-state index in [2.05, 4.69) is 9.97 Å². The number of pyridine rings is 1. The SMILES string of the molecule is COC(=O)C1CCN(C(=O)Cc2csc(-c3ccccn3)n2)CC1. The molecule has 2 aromatic rings. The molecule has 0 radical (unpaired) electrons. The number of esters is 1. The first-order valence-electron chi connectivity index (χ1n) is 7.89. The molecule has 0 N–H and O–H groups in total. The monoisotopic (exact) mass is 345 g/mol. The van der Waals surface area contributed by atoms with Gasteiger partial charge in [0.1, 0.15) is 5.01 Å². The average molecular weight is 345 g/mol. The molecule has 0 aromatic carbocycles. The van der Waals surface area contributed by atoms with Crippen molar-refractivity contribution >= 4 is 23.2 Å². The highest BCUT2D eigenvalue weighted by Gasteiger charge is 2.28. The molecular formula is C17H19N3O3S. The molecule has 6 nitrogen and oxygen atoms in total. The Bertz CT molecular complexity index is 709. The van der Waals surface area contributed by atoms with Crippen molar-refractivity contribution in [3.05, 3.63) is 35.5 Å². The van der Waals surface area contributed by atoms with Crippen molar-refractivity contribution in [1.29, 1.82) is 0 Å². The van der Waals surface area contributed by atoms with Gasteiger partial charge in [-0.15, -0.1) is 11.3 Å². The molecule has 1 aliphatic heterocycles. The van der Waals surface area contributed by atoms with Gasteiger partial charge in [0.05, 0.1) is 30.8 Å². The number of thiazole rings is 1. The van der Waals surface area contributed by atoms with Crippen LogP contribution in [0.3, 0.4) is 0 Å². The van der Waals surface area contributed by atoms with Gasteiger partial charge in [-0.2, -0.15) is 0 Å². The zero-order valence-electron chi connectivity index (χ0n) is 13.5. The molecule has 1 fully saturated rings. The maximum atomic E-state index is 12.4. The van der Waals surface area contributed by atoms with Crippen LogP contribution in [0, 0.1) is 5.92 Å². The first-order valence-corrected chi connectivity index (χ1v) is 8.76. The zero-order valence-corrected chi connectivity index (χ0v) is 14.3. The van der Waals surface area contributed by atoms with E-state index < -0.39 is 0 Å². The van der Waals surface area contributed by atoms with Crippen molar-refractivity contribution in [1.82, 2.24) is 14.9 Å². The van der Waals surface area contributed by atoms with Gasteiger partial charge >= 0.3 is 5.97 Å². The molecule has 0 bridgehead atoms. The van der Waals surface area contributed by atoms with Crippen LogP contribution in [0.2, 0.25) is 0 Å². The lowest BCUT2D eigenvalue weighted by atomic mass is 9.97. The fraction of sp³-hybridized carbons (Fsp3) is 0.412. The summed E-state index contributed by atoms with van der Waals surface area (Å²) >= 11 is 1.49. The first-order chi connectivity index (χ1) is 11.7. The summed E-state index contributed by atoms with van der Waals surface area (Å²) in [4.78, 5) is 34.5. The number of methoxy groups -OCH3 is 1. The molecule has 0 unspecified atom stereocenters. The number of hydrogen-bond acceptors (Lipinski definition) is 6. The summed E-state index contributed by atoms with van der Waals surface area (Å²) in [7, 11) is 1.40. The van der Waals surface area contributed by atoms with Crippen LogP contribution in [-0.2, 0) is 20.7 Å². The fourth-order valence-electron chi connectivity index (χ4n) is 2.79. The highest BCUT2D eigenvalue weighted by Crippen LogP contribution is 2.23. The van der Waals surface area contributed by atoms with E-state index in [0.717, 1.165) is 16.4 Å². The summed E-state index contributed by atoms with van der Waals surface area (Å²) in [6.45, 7) is 1.19. The maximum absolute atomic E-state index is 12.4. The lowest BCUT2D eigenvalue weighted by molar-refractivity contribution is -0.148. The lowest BCUT2D eigenvalue weighted by Gasteiger charge is -2.30. The Balaban J connectivity index is 1.56. The third-order valence-electron chi connectivity index (χ3n) is 4.15. The number of aromatic nitrogens is 2. The van der Waals surface area contributed by atoms with Crippen LogP contribution in [0.5, 0.6) is 0 Å². The maximum Gasteiger partial charge on any atom is 0.308 e. The summed E-state index contributed by atoms with van der Waals surface area (Å²) < 4.78 is 4.77. The van der Waals surface area contributed by atoms with Crippen LogP contribution in [0.15, 0.2) is 29.8 Å². The highest BCUT2D eigenvalue weighted by atomic mass is 32.1. The number of rotatable bonds is 4. The Morgan fingerprint density at radius 3 is 2.79 bits per heavy atom. The number of amides is 1. The molecule has 0 spiro atoms. The van der Waals surface area contributed by atoms with Gasteiger partial charge < -0.3 is 9.64 Å². The number of piperidine rings is 1. The van der Waals surface area contributed by atoms with Crippen LogP contribution in [-0.4, -0.2) is 46.9 Å². The van der Waals surface area contributed by atoms with Crippen molar-refractivity contribution in [2.75, 3.05) is 20.2 Å². The minimum atomic E-state index is -0.179. The van der Waals surface area contributed by atoms with Gasteiger partial charge in [-0.1, -0.05) is 6.07 Å². The van der Waals surface area contributed by atoms with E-state index in [0.29, 0.717) is 25.9 Å². The second-order valence-corrected chi connectivity index (χ2v) is 6.57. The van der Waals surface area contributed by atoms with Gasteiger partial charge in [0.15, 0.2) is 0 Å². The number of ether oxygens (including phenoxy) is 1. The Morgan fingerprint density at radius 1 is 1.33 bits per heavy atom. The van der Waals surface area contributed by atoms with Crippen molar-refractivity contribution in [3.63, 3.8) is 0 Å². The highest BCUT2D eigenvalue weighted by molar-refractivity contribution is 7.13. The molecule has 24 heavy (non-hydrogen) atoms. The first kappa shape index (κ1) is 16.6. The summed E-state index contributed by atoms with van der Waals surface area (Å²) in [6, 6.07) is 5.68. The zero-order chi connectivity index (χ0) is 16.9. The lowest BCUT2D eigenvalue weighted by Crippen LogP contribution is -2.41. The van der Waals surface area contributed by atoms with Crippen molar-refractivity contribution < 1.29 is 14.3 Å². The topological polar surface area (TPSA) is 72.4 Å². The minimum Gasteiger partial charge on any atom is -0.469 e. The largest absolute Gasteiger partial charge is 0.469 e. The van der Waals surface area contributed by atoms with Crippen molar-refractivity contribution in [2.24, 2.45) is 5.92 Å². The van der Waals surface area contributed by atoms with Crippen LogP contribution in [0.4, 0.5) is 0 Å². The molecule has 0 aliphatic carbocycles. The molecule has 0 saturated carbocycles.